The number of nitrogens with one attached hydrogen (secondary N) is 1. The van der Waals surface area contributed by atoms with Gasteiger partial charge in [-0.1, -0.05) is 6.07 Å². The maximum Gasteiger partial charge on any atom is 0.120 e. The molecule has 0 amide bonds. The van der Waals surface area contributed by atoms with Gasteiger partial charge in [-0.15, -0.1) is 0 Å². The summed E-state index contributed by atoms with van der Waals surface area (Å²) < 4.78 is 0. The first-order valence-electron chi connectivity index (χ1n) is 7.20. The van der Waals surface area contributed by atoms with Crippen LogP contribution in [0.3, 0.4) is 0 Å². The van der Waals surface area contributed by atoms with E-state index in [0.717, 1.165) is 18.6 Å². The third-order valence-corrected chi connectivity index (χ3v) is 4.65. The summed E-state index contributed by atoms with van der Waals surface area (Å²) in [4.78, 5) is 16.6. The zero-order valence-electron chi connectivity index (χ0n) is 11.0. The van der Waals surface area contributed by atoms with Gasteiger partial charge in [-0.2, -0.15) is 0 Å². The van der Waals surface area contributed by atoms with Gasteiger partial charge < -0.3 is 14.7 Å². The Morgan fingerprint density at radius 2 is 2.16 bits per heavy atom. The molecule has 19 heavy (non-hydrogen) atoms. The Morgan fingerprint density at radius 3 is 2.95 bits per heavy atom. The van der Waals surface area contributed by atoms with Gasteiger partial charge in [0.15, 0.2) is 0 Å². The van der Waals surface area contributed by atoms with Crippen molar-refractivity contribution in [3.05, 3.63) is 29.3 Å². The smallest absolute Gasteiger partial charge is 0.120 e. The molecule has 0 atom stereocenters. The second-order valence-electron chi connectivity index (χ2n) is 5.73. The number of hydrogen-bond acceptors (Lipinski definition) is 2. The van der Waals surface area contributed by atoms with Gasteiger partial charge in [-0.3, -0.25) is 0 Å². The number of carbonyl (C=O) groups is 1. The van der Waals surface area contributed by atoms with Gasteiger partial charge in [-0.05, 0) is 42.9 Å². The normalized spacial score (nSPS) is 18.0. The number of benzene rings is 1. The maximum absolute atomic E-state index is 10.5. The fourth-order valence-corrected chi connectivity index (χ4v) is 3.68. The van der Waals surface area contributed by atoms with Crippen LogP contribution in [0.4, 0.5) is 5.82 Å². The summed E-state index contributed by atoms with van der Waals surface area (Å²) in [6.07, 6.45) is 5.06. The molecular weight excluding hydrogens is 236 g/mol. The summed E-state index contributed by atoms with van der Waals surface area (Å²) in [5, 5.41) is 1.38. The SMILES string of the molecule is O=CCCc1ccc2[nH]c3c(c2c1)C1CCN3CC1. The lowest BCUT2D eigenvalue weighted by Crippen LogP contribution is -2.38. The van der Waals surface area contributed by atoms with Crippen LogP contribution >= 0.6 is 0 Å². The molecular formula is C16H18N2O. The minimum absolute atomic E-state index is 0.619. The van der Waals surface area contributed by atoms with Gasteiger partial charge in [0, 0.05) is 36.0 Å². The van der Waals surface area contributed by atoms with E-state index in [1.807, 2.05) is 0 Å². The fraction of sp³-hybridized carbons (Fsp3) is 0.438. The number of H-pyrrole nitrogens is 1. The predicted molar refractivity (Wildman–Crippen MR) is 76.9 cm³/mol. The lowest BCUT2D eigenvalue weighted by Gasteiger charge is -2.40. The molecule has 3 nitrogen and oxygen atoms in total. The predicted octanol–water partition coefficient (Wildman–Crippen LogP) is 3.00. The van der Waals surface area contributed by atoms with Crippen molar-refractivity contribution in [2.75, 3.05) is 18.0 Å². The second kappa shape index (κ2) is 4.12. The number of nitrogens with zero attached hydrogens (tertiary/aromatic N) is 1. The van der Waals surface area contributed by atoms with Gasteiger partial charge in [0.1, 0.15) is 12.1 Å². The average Bonchev–Trinajstić information content (AvgIpc) is 2.87. The molecule has 98 valence electrons. The minimum Gasteiger partial charge on any atom is -0.358 e. The van der Waals surface area contributed by atoms with Crippen LogP contribution in [0.1, 0.15) is 36.3 Å². The molecule has 1 saturated heterocycles. The molecule has 0 radical (unpaired) electrons. The molecule has 2 bridgehead atoms. The monoisotopic (exact) mass is 254 g/mol. The van der Waals surface area contributed by atoms with Crippen LogP contribution in [0, 0.1) is 0 Å². The third kappa shape index (κ3) is 1.61. The van der Waals surface area contributed by atoms with Crippen molar-refractivity contribution >= 4 is 23.0 Å². The number of piperidine rings is 1. The molecule has 3 heteroatoms. The van der Waals surface area contributed by atoms with Crippen molar-refractivity contribution in [1.82, 2.24) is 4.98 Å². The van der Waals surface area contributed by atoms with Gasteiger partial charge in [0.25, 0.3) is 0 Å². The van der Waals surface area contributed by atoms with Crippen molar-refractivity contribution in [1.29, 1.82) is 0 Å². The molecule has 3 aliphatic heterocycles. The summed E-state index contributed by atoms with van der Waals surface area (Å²) in [5.74, 6) is 2.08. The number of hydrogen-bond donors (Lipinski definition) is 1. The molecule has 0 saturated carbocycles. The van der Waals surface area contributed by atoms with Gasteiger partial charge in [-0.25, -0.2) is 0 Å². The van der Waals surface area contributed by atoms with E-state index in [1.165, 1.54) is 53.8 Å². The molecule has 0 spiro atoms. The fourth-order valence-electron chi connectivity index (χ4n) is 3.68. The molecule has 2 aromatic rings. The van der Waals surface area contributed by atoms with Crippen molar-refractivity contribution < 1.29 is 4.79 Å². The van der Waals surface area contributed by atoms with Crippen molar-refractivity contribution in [2.24, 2.45) is 0 Å². The first-order valence-corrected chi connectivity index (χ1v) is 7.20. The molecule has 4 heterocycles. The summed E-state index contributed by atoms with van der Waals surface area (Å²) in [6.45, 7) is 2.39. The zero-order chi connectivity index (χ0) is 12.8. The Balaban J connectivity index is 1.85. The van der Waals surface area contributed by atoms with Gasteiger partial charge in [0.05, 0.1) is 0 Å². The van der Waals surface area contributed by atoms with E-state index in [9.17, 15) is 4.79 Å². The maximum atomic E-state index is 10.5. The zero-order valence-corrected chi connectivity index (χ0v) is 11.0. The standard InChI is InChI=1S/C16H18N2O/c19-9-1-2-11-3-4-14-13(10-11)15-12-5-7-18(8-6-12)16(15)17-14/h3-4,9-10,12,17H,1-2,5-8H2. The van der Waals surface area contributed by atoms with Crippen LogP contribution in [0.2, 0.25) is 0 Å². The van der Waals surface area contributed by atoms with Crippen LogP contribution in [0.25, 0.3) is 10.9 Å². The van der Waals surface area contributed by atoms with E-state index in [4.69, 9.17) is 0 Å². The average molecular weight is 254 g/mol. The largest absolute Gasteiger partial charge is 0.358 e. The minimum atomic E-state index is 0.619. The summed E-state index contributed by atoms with van der Waals surface area (Å²) in [5.41, 5.74) is 4.05. The highest BCUT2D eigenvalue weighted by Gasteiger charge is 2.33. The van der Waals surface area contributed by atoms with Gasteiger partial charge in [0.2, 0.25) is 0 Å². The van der Waals surface area contributed by atoms with E-state index in [1.54, 1.807) is 0 Å². The lowest BCUT2D eigenvalue weighted by atomic mass is 9.84. The molecule has 5 rings (SSSR count). The molecule has 1 aromatic heterocycles. The van der Waals surface area contributed by atoms with E-state index in [0.29, 0.717) is 6.42 Å². The number of fused-ring (bicyclic) bond motifs is 3. The van der Waals surface area contributed by atoms with Crippen molar-refractivity contribution in [3.63, 3.8) is 0 Å². The number of aryl methyl sites for hydroxylation is 1. The third-order valence-electron chi connectivity index (χ3n) is 4.65. The quantitative estimate of drug-likeness (QED) is 0.855. The topological polar surface area (TPSA) is 36.1 Å². The van der Waals surface area contributed by atoms with Crippen LogP contribution < -0.4 is 4.90 Å². The highest BCUT2D eigenvalue weighted by Crippen LogP contribution is 2.45. The van der Waals surface area contributed by atoms with Gasteiger partial charge >= 0.3 is 0 Å². The first-order chi connectivity index (χ1) is 9.36. The van der Waals surface area contributed by atoms with Crippen LogP contribution in [0.15, 0.2) is 18.2 Å². The van der Waals surface area contributed by atoms with Crippen LogP contribution in [0.5, 0.6) is 0 Å². The van der Waals surface area contributed by atoms with Crippen LogP contribution in [-0.2, 0) is 11.2 Å². The number of aldehydes is 1. The number of rotatable bonds is 3. The molecule has 1 aromatic carbocycles. The summed E-state index contributed by atoms with van der Waals surface area (Å²) >= 11 is 0. The number of aromatic amines is 1. The summed E-state index contributed by atoms with van der Waals surface area (Å²) in [6, 6.07) is 6.61. The number of carbonyl (C=O) groups excluding carboxylic acids is 1. The Labute approximate surface area is 112 Å². The number of aromatic nitrogens is 1. The second-order valence-corrected chi connectivity index (χ2v) is 5.73. The molecule has 0 unspecified atom stereocenters. The molecule has 1 fully saturated rings. The van der Waals surface area contributed by atoms with E-state index < -0.39 is 0 Å². The molecule has 0 aliphatic carbocycles. The molecule has 1 N–H and O–H groups in total. The van der Waals surface area contributed by atoms with Crippen LogP contribution in [-0.4, -0.2) is 24.4 Å². The Morgan fingerprint density at radius 1 is 1.32 bits per heavy atom. The molecule has 3 aliphatic rings. The van der Waals surface area contributed by atoms with E-state index in [2.05, 4.69) is 28.1 Å². The summed E-state index contributed by atoms with van der Waals surface area (Å²) in [7, 11) is 0. The Kier molecular flexibility index (Phi) is 2.40. The van der Waals surface area contributed by atoms with E-state index >= 15 is 0 Å². The van der Waals surface area contributed by atoms with E-state index in [-0.39, 0.29) is 0 Å². The highest BCUT2D eigenvalue weighted by atomic mass is 16.1. The Hall–Kier alpha value is -1.77. The van der Waals surface area contributed by atoms with Crippen molar-refractivity contribution in [2.45, 2.75) is 31.6 Å². The van der Waals surface area contributed by atoms with Crippen molar-refractivity contribution in [3.8, 4) is 0 Å². The highest BCUT2D eigenvalue weighted by molar-refractivity contribution is 5.91. The lowest BCUT2D eigenvalue weighted by molar-refractivity contribution is -0.107. The first kappa shape index (κ1) is 11.1. The Bertz CT molecular complexity index is 635. The number of anilines is 1.